The van der Waals surface area contributed by atoms with Crippen molar-refractivity contribution in [2.75, 3.05) is 0 Å². The molecule has 0 spiro atoms. The average molecular weight is 188 g/mol. The van der Waals surface area contributed by atoms with Crippen molar-refractivity contribution in [3.63, 3.8) is 0 Å². The molecule has 0 aromatic carbocycles. The van der Waals surface area contributed by atoms with Gasteiger partial charge in [-0.1, -0.05) is 36.0 Å². The van der Waals surface area contributed by atoms with Crippen molar-refractivity contribution in [1.29, 1.82) is 0 Å². The van der Waals surface area contributed by atoms with Crippen LogP contribution in [0, 0.1) is 0 Å². The SMILES string of the molecule is CC1=CC=CC(C)(n2cnnn2)C=C1. The lowest BCUT2D eigenvalue weighted by Gasteiger charge is -2.20. The molecule has 0 aliphatic heterocycles. The van der Waals surface area contributed by atoms with Crippen molar-refractivity contribution in [3.8, 4) is 0 Å². The Morgan fingerprint density at radius 1 is 1.36 bits per heavy atom. The molecular formula is C10H12N4. The van der Waals surface area contributed by atoms with Gasteiger partial charge >= 0.3 is 0 Å². The quantitative estimate of drug-likeness (QED) is 0.670. The van der Waals surface area contributed by atoms with Gasteiger partial charge in [0, 0.05) is 0 Å². The predicted molar refractivity (Wildman–Crippen MR) is 53.5 cm³/mol. The first-order valence-corrected chi connectivity index (χ1v) is 4.49. The van der Waals surface area contributed by atoms with E-state index in [1.54, 1.807) is 11.0 Å². The minimum Gasteiger partial charge on any atom is -0.219 e. The fourth-order valence-electron chi connectivity index (χ4n) is 1.34. The molecular weight excluding hydrogens is 176 g/mol. The number of aromatic nitrogens is 4. The molecule has 0 fully saturated rings. The summed E-state index contributed by atoms with van der Waals surface area (Å²) in [6.45, 7) is 4.12. The lowest BCUT2D eigenvalue weighted by Crippen LogP contribution is -2.25. The van der Waals surface area contributed by atoms with Gasteiger partial charge in [-0.05, 0) is 24.3 Å². The van der Waals surface area contributed by atoms with E-state index in [4.69, 9.17) is 0 Å². The Balaban J connectivity index is 2.40. The summed E-state index contributed by atoms with van der Waals surface area (Å²) in [7, 11) is 0. The summed E-state index contributed by atoms with van der Waals surface area (Å²) in [5.41, 5.74) is 0.954. The molecule has 0 saturated carbocycles. The number of tetrazole rings is 1. The second-order valence-corrected chi connectivity index (χ2v) is 3.58. The summed E-state index contributed by atoms with van der Waals surface area (Å²) in [5.74, 6) is 0. The minimum atomic E-state index is -0.266. The average Bonchev–Trinajstić information content (AvgIpc) is 2.63. The van der Waals surface area contributed by atoms with Crippen molar-refractivity contribution in [2.24, 2.45) is 0 Å². The molecule has 2 rings (SSSR count). The summed E-state index contributed by atoms with van der Waals surface area (Å²) in [5, 5.41) is 11.2. The van der Waals surface area contributed by atoms with E-state index in [2.05, 4.69) is 53.7 Å². The molecule has 1 heterocycles. The van der Waals surface area contributed by atoms with Crippen LogP contribution in [0.15, 0.2) is 42.3 Å². The summed E-state index contributed by atoms with van der Waals surface area (Å²) >= 11 is 0. The maximum absolute atomic E-state index is 3.91. The normalized spacial score (nSPS) is 26.0. The third-order valence-electron chi connectivity index (χ3n) is 2.32. The largest absolute Gasteiger partial charge is 0.219 e. The third-order valence-corrected chi connectivity index (χ3v) is 2.32. The second-order valence-electron chi connectivity index (χ2n) is 3.58. The molecule has 0 saturated heterocycles. The standard InChI is InChI=1S/C10H12N4/c1-9-4-3-6-10(2,7-5-9)14-8-11-12-13-14/h3-8H,1-2H3. The zero-order valence-corrected chi connectivity index (χ0v) is 8.25. The first-order valence-electron chi connectivity index (χ1n) is 4.49. The lowest BCUT2D eigenvalue weighted by molar-refractivity contribution is 0.444. The summed E-state index contributed by atoms with van der Waals surface area (Å²) in [6.07, 6.45) is 11.9. The highest BCUT2D eigenvalue weighted by molar-refractivity contribution is 5.31. The van der Waals surface area contributed by atoms with Crippen molar-refractivity contribution >= 4 is 0 Å². The predicted octanol–water partition coefficient (Wildman–Crippen LogP) is 1.46. The zero-order valence-electron chi connectivity index (χ0n) is 8.25. The summed E-state index contributed by atoms with van der Waals surface area (Å²) in [6, 6.07) is 0. The Hall–Kier alpha value is -1.71. The number of nitrogens with zero attached hydrogens (tertiary/aromatic N) is 4. The first-order chi connectivity index (χ1) is 6.71. The molecule has 4 nitrogen and oxygen atoms in total. The second kappa shape index (κ2) is 3.21. The minimum absolute atomic E-state index is 0.266. The topological polar surface area (TPSA) is 43.6 Å². The Morgan fingerprint density at radius 2 is 2.21 bits per heavy atom. The molecule has 1 unspecified atom stereocenters. The molecule has 1 aromatic rings. The van der Waals surface area contributed by atoms with Gasteiger partial charge in [-0.15, -0.1) is 5.10 Å². The molecule has 0 bridgehead atoms. The number of allylic oxidation sites excluding steroid dienone is 6. The monoisotopic (exact) mass is 188 g/mol. The van der Waals surface area contributed by atoms with Gasteiger partial charge in [0.05, 0.1) is 0 Å². The van der Waals surface area contributed by atoms with E-state index in [1.165, 1.54) is 5.57 Å². The fourth-order valence-corrected chi connectivity index (χ4v) is 1.34. The van der Waals surface area contributed by atoms with Crippen LogP contribution in [0.25, 0.3) is 0 Å². The highest BCUT2D eigenvalue weighted by atomic mass is 15.5. The first kappa shape index (κ1) is 8.87. The smallest absolute Gasteiger partial charge is 0.139 e. The van der Waals surface area contributed by atoms with E-state index in [0.29, 0.717) is 0 Å². The number of hydrogen-bond donors (Lipinski definition) is 0. The van der Waals surface area contributed by atoms with E-state index in [0.717, 1.165) is 0 Å². The van der Waals surface area contributed by atoms with E-state index >= 15 is 0 Å². The van der Waals surface area contributed by atoms with Crippen LogP contribution in [0.1, 0.15) is 13.8 Å². The molecule has 0 N–H and O–H groups in total. The van der Waals surface area contributed by atoms with Crippen molar-refractivity contribution < 1.29 is 0 Å². The van der Waals surface area contributed by atoms with Crippen molar-refractivity contribution in [2.45, 2.75) is 19.4 Å². The highest BCUT2D eigenvalue weighted by Gasteiger charge is 2.21. The number of hydrogen-bond acceptors (Lipinski definition) is 3. The van der Waals surface area contributed by atoms with Gasteiger partial charge in [0.15, 0.2) is 0 Å². The Bertz CT molecular complexity index is 400. The van der Waals surface area contributed by atoms with Crippen LogP contribution in [-0.4, -0.2) is 20.2 Å². The van der Waals surface area contributed by atoms with Gasteiger partial charge in [0.2, 0.25) is 0 Å². The molecule has 1 atom stereocenters. The molecule has 1 aliphatic carbocycles. The van der Waals surface area contributed by atoms with Crippen molar-refractivity contribution in [3.05, 3.63) is 42.3 Å². The summed E-state index contributed by atoms with van der Waals surface area (Å²) in [4.78, 5) is 0. The molecule has 4 heteroatoms. The lowest BCUT2D eigenvalue weighted by atomic mass is 10.0. The molecule has 0 radical (unpaired) electrons. The molecule has 1 aliphatic rings. The van der Waals surface area contributed by atoms with Crippen LogP contribution in [0.4, 0.5) is 0 Å². The maximum Gasteiger partial charge on any atom is 0.139 e. The van der Waals surface area contributed by atoms with Gasteiger partial charge in [0.25, 0.3) is 0 Å². The van der Waals surface area contributed by atoms with Gasteiger partial charge in [-0.2, -0.15) is 0 Å². The molecule has 72 valence electrons. The molecule has 1 aromatic heterocycles. The van der Waals surface area contributed by atoms with Gasteiger partial charge < -0.3 is 0 Å². The van der Waals surface area contributed by atoms with Crippen LogP contribution in [0.5, 0.6) is 0 Å². The van der Waals surface area contributed by atoms with Gasteiger partial charge in [-0.25, -0.2) is 4.68 Å². The summed E-state index contributed by atoms with van der Waals surface area (Å²) < 4.78 is 1.73. The fraction of sp³-hybridized carbons (Fsp3) is 0.300. The number of rotatable bonds is 1. The van der Waals surface area contributed by atoms with E-state index < -0.39 is 0 Å². The van der Waals surface area contributed by atoms with Crippen LogP contribution >= 0.6 is 0 Å². The Morgan fingerprint density at radius 3 is 2.93 bits per heavy atom. The van der Waals surface area contributed by atoms with E-state index in [-0.39, 0.29) is 5.54 Å². The zero-order chi connectivity index (χ0) is 10.0. The van der Waals surface area contributed by atoms with Crippen LogP contribution < -0.4 is 0 Å². The highest BCUT2D eigenvalue weighted by Crippen LogP contribution is 2.21. The molecule has 14 heavy (non-hydrogen) atoms. The maximum atomic E-state index is 3.91. The third kappa shape index (κ3) is 1.51. The Labute approximate surface area is 82.6 Å². The van der Waals surface area contributed by atoms with Crippen molar-refractivity contribution in [1.82, 2.24) is 20.2 Å². The van der Waals surface area contributed by atoms with E-state index in [9.17, 15) is 0 Å². The van der Waals surface area contributed by atoms with Crippen LogP contribution in [0.3, 0.4) is 0 Å². The Kier molecular flexibility index (Phi) is 2.04. The van der Waals surface area contributed by atoms with Crippen LogP contribution in [0.2, 0.25) is 0 Å². The van der Waals surface area contributed by atoms with Gasteiger partial charge in [-0.3, -0.25) is 0 Å². The molecule has 0 amide bonds. The van der Waals surface area contributed by atoms with Gasteiger partial charge in [0.1, 0.15) is 11.9 Å². The van der Waals surface area contributed by atoms with E-state index in [1.807, 2.05) is 6.08 Å². The van der Waals surface area contributed by atoms with Crippen LogP contribution in [-0.2, 0) is 5.54 Å².